The largest absolute Gasteiger partial charge is 0.396 e. The van der Waals surface area contributed by atoms with Gasteiger partial charge in [-0.3, -0.25) is 14.8 Å². The van der Waals surface area contributed by atoms with E-state index in [1.807, 2.05) is 25.1 Å². The molecule has 0 aliphatic carbocycles. The Morgan fingerprint density at radius 3 is 2.83 bits per heavy atom. The lowest BCUT2D eigenvalue weighted by molar-refractivity contribution is 0.102. The number of amides is 1. The van der Waals surface area contributed by atoms with Crippen molar-refractivity contribution in [3.05, 3.63) is 47.3 Å². The molecule has 0 unspecified atom stereocenters. The van der Waals surface area contributed by atoms with Crippen LogP contribution in [0.4, 0.5) is 5.69 Å². The van der Waals surface area contributed by atoms with Crippen LogP contribution < -0.4 is 5.32 Å². The average molecular weight is 328 g/mol. The summed E-state index contributed by atoms with van der Waals surface area (Å²) in [6, 6.07) is 9.66. The second kappa shape index (κ2) is 7.59. The number of aromatic nitrogens is 2. The number of rotatable bonds is 5. The molecule has 0 saturated carbocycles. The fourth-order valence-corrected chi connectivity index (χ4v) is 3.06. The van der Waals surface area contributed by atoms with E-state index in [-0.39, 0.29) is 5.91 Å². The third-order valence-corrected chi connectivity index (χ3v) is 4.49. The molecule has 24 heavy (non-hydrogen) atoms. The molecule has 1 aromatic carbocycles. The van der Waals surface area contributed by atoms with Crippen LogP contribution in [0.5, 0.6) is 0 Å². The molecule has 1 aliphatic heterocycles. The summed E-state index contributed by atoms with van der Waals surface area (Å²) >= 11 is 0. The summed E-state index contributed by atoms with van der Waals surface area (Å²) in [5, 5.41) is 18.9. The van der Waals surface area contributed by atoms with E-state index in [0.717, 1.165) is 43.9 Å². The highest BCUT2D eigenvalue weighted by Gasteiger charge is 2.18. The van der Waals surface area contributed by atoms with Gasteiger partial charge in [-0.15, -0.1) is 0 Å². The summed E-state index contributed by atoms with van der Waals surface area (Å²) in [6.07, 6.45) is 2.09. The van der Waals surface area contributed by atoms with E-state index in [2.05, 4.69) is 26.5 Å². The lowest BCUT2D eigenvalue weighted by Gasteiger charge is -2.31. The van der Waals surface area contributed by atoms with Crippen molar-refractivity contribution in [3.8, 4) is 0 Å². The van der Waals surface area contributed by atoms with Crippen LogP contribution in [0.1, 0.15) is 34.6 Å². The number of H-pyrrole nitrogens is 1. The number of nitrogens with zero attached hydrogens (tertiary/aromatic N) is 2. The number of hydrogen-bond donors (Lipinski definition) is 3. The summed E-state index contributed by atoms with van der Waals surface area (Å²) in [5.74, 6) is 0.240. The van der Waals surface area contributed by atoms with Crippen molar-refractivity contribution < 1.29 is 9.90 Å². The average Bonchev–Trinajstić information content (AvgIpc) is 3.02. The van der Waals surface area contributed by atoms with Crippen LogP contribution in [0.3, 0.4) is 0 Å². The SMILES string of the molecule is Cc1cc(C(=O)Nc2cccc(CN3CCC(CO)CC3)c2)n[nH]1. The quantitative estimate of drug-likeness (QED) is 0.786. The normalized spacial score (nSPS) is 16.2. The molecule has 3 rings (SSSR count). The molecular formula is C18H24N4O2. The van der Waals surface area contributed by atoms with E-state index in [4.69, 9.17) is 0 Å². The summed E-state index contributed by atoms with van der Waals surface area (Å²) in [5.41, 5.74) is 3.21. The van der Waals surface area contributed by atoms with Crippen molar-refractivity contribution >= 4 is 11.6 Å². The highest BCUT2D eigenvalue weighted by molar-refractivity contribution is 6.02. The molecule has 1 fully saturated rings. The molecule has 0 spiro atoms. The van der Waals surface area contributed by atoms with Gasteiger partial charge < -0.3 is 10.4 Å². The summed E-state index contributed by atoms with van der Waals surface area (Å²) in [6.45, 7) is 5.04. The molecule has 1 aromatic heterocycles. The maximum absolute atomic E-state index is 12.2. The number of anilines is 1. The predicted octanol–water partition coefficient (Wildman–Crippen LogP) is 2.17. The van der Waals surface area contributed by atoms with Crippen LogP contribution in [0.25, 0.3) is 0 Å². The molecule has 6 nitrogen and oxygen atoms in total. The van der Waals surface area contributed by atoms with E-state index in [0.29, 0.717) is 18.2 Å². The molecule has 2 aromatic rings. The maximum Gasteiger partial charge on any atom is 0.276 e. The Kier molecular flexibility index (Phi) is 5.27. The molecule has 1 amide bonds. The number of piperidine rings is 1. The van der Waals surface area contributed by atoms with Gasteiger partial charge in [-0.05, 0) is 62.5 Å². The number of carbonyl (C=O) groups excluding carboxylic acids is 1. The number of benzene rings is 1. The van der Waals surface area contributed by atoms with Crippen molar-refractivity contribution in [1.29, 1.82) is 0 Å². The van der Waals surface area contributed by atoms with E-state index in [1.165, 1.54) is 5.56 Å². The fraction of sp³-hybridized carbons (Fsp3) is 0.444. The zero-order valence-corrected chi connectivity index (χ0v) is 14.0. The molecule has 1 aliphatic rings. The van der Waals surface area contributed by atoms with Gasteiger partial charge in [0.15, 0.2) is 5.69 Å². The number of carbonyl (C=O) groups is 1. The Bertz CT molecular complexity index is 690. The molecule has 0 radical (unpaired) electrons. The lowest BCUT2D eigenvalue weighted by atomic mass is 9.97. The number of aryl methyl sites for hydroxylation is 1. The van der Waals surface area contributed by atoms with Gasteiger partial charge in [-0.25, -0.2) is 0 Å². The van der Waals surface area contributed by atoms with Crippen molar-refractivity contribution in [2.24, 2.45) is 5.92 Å². The van der Waals surface area contributed by atoms with Gasteiger partial charge >= 0.3 is 0 Å². The fourth-order valence-electron chi connectivity index (χ4n) is 3.06. The third-order valence-electron chi connectivity index (χ3n) is 4.49. The standard InChI is InChI=1S/C18H24N4O2/c1-13-9-17(21-20-13)18(24)19-16-4-2-3-15(10-16)11-22-7-5-14(12-23)6-8-22/h2-4,9-10,14,23H,5-8,11-12H2,1H3,(H,19,24)(H,20,21). The minimum atomic E-state index is -0.208. The van der Waals surface area contributed by atoms with E-state index >= 15 is 0 Å². The topological polar surface area (TPSA) is 81.2 Å². The maximum atomic E-state index is 12.2. The van der Waals surface area contributed by atoms with Gasteiger partial charge in [0.25, 0.3) is 5.91 Å². The van der Waals surface area contributed by atoms with E-state index in [1.54, 1.807) is 6.07 Å². The van der Waals surface area contributed by atoms with Crippen molar-refractivity contribution in [3.63, 3.8) is 0 Å². The minimum Gasteiger partial charge on any atom is -0.396 e. The second-order valence-corrected chi connectivity index (χ2v) is 6.49. The van der Waals surface area contributed by atoms with E-state index in [9.17, 15) is 9.90 Å². The molecule has 3 N–H and O–H groups in total. The molecule has 1 saturated heterocycles. The predicted molar refractivity (Wildman–Crippen MR) is 92.8 cm³/mol. The van der Waals surface area contributed by atoms with Crippen LogP contribution >= 0.6 is 0 Å². The molecular weight excluding hydrogens is 304 g/mol. The first-order chi connectivity index (χ1) is 11.6. The molecule has 6 heteroatoms. The monoisotopic (exact) mass is 328 g/mol. The zero-order valence-electron chi connectivity index (χ0n) is 14.0. The van der Waals surface area contributed by atoms with Crippen LogP contribution in [0.15, 0.2) is 30.3 Å². The lowest BCUT2D eigenvalue weighted by Crippen LogP contribution is -2.34. The Morgan fingerprint density at radius 2 is 2.17 bits per heavy atom. The highest BCUT2D eigenvalue weighted by atomic mass is 16.3. The smallest absolute Gasteiger partial charge is 0.276 e. The van der Waals surface area contributed by atoms with Crippen molar-refractivity contribution in [2.75, 3.05) is 25.0 Å². The molecule has 128 valence electrons. The first kappa shape index (κ1) is 16.7. The highest BCUT2D eigenvalue weighted by Crippen LogP contribution is 2.20. The Labute approximate surface area is 141 Å². The van der Waals surface area contributed by atoms with Gasteiger partial charge in [0.05, 0.1) is 0 Å². The number of nitrogens with one attached hydrogen (secondary N) is 2. The van der Waals surface area contributed by atoms with E-state index < -0.39 is 0 Å². The summed E-state index contributed by atoms with van der Waals surface area (Å²) < 4.78 is 0. The van der Waals surface area contributed by atoms with Crippen LogP contribution in [-0.4, -0.2) is 45.8 Å². The number of aliphatic hydroxyl groups is 1. The Morgan fingerprint density at radius 1 is 1.38 bits per heavy atom. The van der Waals surface area contributed by atoms with Gasteiger partial charge in [0, 0.05) is 24.5 Å². The van der Waals surface area contributed by atoms with Crippen molar-refractivity contribution in [1.82, 2.24) is 15.1 Å². The van der Waals surface area contributed by atoms with Gasteiger partial charge in [-0.1, -0.05) is 12.1 Å². The number of aliphatic hydroxyl groups excluding tert-OH is 1. The van der Waals surface area contributed by atoms with Gasteiger partial charge in [-0.2, -0.15) is 5.10 Å². The Balaban J connectivity index is 1.59. The van der Waals surface area contributed by atoms with Crippen LogP contribution in [0.2, 0.25) is 0 Å². The molecule has 2 heterocycles. The Hall–Kier alpha value is -2.18. The second-order valence-electron chi connectivity index (χ2n) is 6.49. The first-order valence-electron chi connectivity index (χ1n) is 8.39. The first-order valence-corrected chi connectivity index (χ1v) is 8.39. The van der Waals surface area contributed by atoms with Gasteiger partial charge in [0.2, 0.25) is 0 Å². The van der Waals surface area contributed by atoms with Crippen molar-refractivity contribution in [2.45, 2.75) is 26.3 Å². The summed E-state index contributed by atoms with van der Waals surface area (Å²) in [7, 11) is 0. The molecule has 0 bridgehead atoms. The van der Waals surface area contributed by atoms with Crippen LogP contribution in [0, 0.1) is 12.8 Å². The molecule has 0 atom stereocenters. The third kappa shape index (κ3) is 4.21. The zero-order chi connectivity index (χ0) is 16.9. The summed E-state index contributed by atoms with van der Waals surface area (Å²) in [4.78, 5) is 14.6. The van der Waals surface area contributed by atoms with Crippen LogP contribution in [-0.2, 0) is 6.54 Å². The number of likely N-dealkylation sites (tertiary alicyclic amines) is 1. The minimum absolute atomic E-state index is 0.208. The number of aromatic amines is 1. The van der Waals surface area contributed by atoms with Gasteiger partial charge in [0.1, 0.15) is 0 Å². The number of hydrogen-bond acceptors (Lipinski definition) is 4.